The van der Waals surface area contributed by atoms with Crippen LogP contribution in [0.2, 0.25) is 0 Å². The first-order chi connectivity index (χ1) is 13.7. The normalized spacial score (nSPS) is 15.9. The van der Waals surface area contributed by atoms with Crippen LogP contribution in [0.5, 0.6) is 0 Å². The van der Waals surface area contributed by atoms with E-state index in [1.54, 1.807) is 6.08 Å². The predicted octanol–water partition coefficient (Wildman–Crippen LogP) is 6.10. The molecular formula is C26H25NO2. The lowest BCUT2D eigenvalue weighted by Crippen LogP contribution is -2.25. The lowest BCUT2D eigenvalue weighted by Gasteiger charge is -2.30. The number of H-pyrrole nitrogens is 1. The first kappa shape index (κ1) is 19.0. The topological polar surface area (TPSA) is 53.1 Å². The van der Waals surface area contributed by atoms with Crippen molar-refractivity contribution in [3.05, 3.63) is 100 Å². The van der Waals surface area contributed by atoms with E-state index in [0.29, 0.717) is 11.1 Å². The maximum absolute atomic E-state index is 13.0. The van der Waals surface area contributed by atoms with Crippen molar-refractivity contribution in [3.63, 3.8) is 0 Å². The Hall–Kier alpha value is -3.33. The number of rotatable bonds is 4. The van der Waals surface area contributed by atoms with Gasteiger partial charge in [0.2, 0.25) is 5.78 Å². The number of carbonyl (C=O) groups excluding carboxylic acids is 1. The van der Waals surface area contributed by atoms with Crippen LogP contribution < -0.4 is 0 Å². The molecule has 3 heteroatoms. The van der Waals surface area contributed by atoms with Crippen molar-refractivity contribution in [1.29, 1.82) is 0 Å². The number of benzene rings is 2. The van der Waals surface area contributed by atoms with Gasteiger partial charge in [-0.25, -0.2) is 0 Å². The zero-order chi connectivity index (χ0) is 20.9. The van der Waals surface area contributed by atoms with Gasteiger partial charge in [-0.05, 0) is 42.7 Å². The minimum atomic E-state index is -0.356. The lowest BCUT2D eigenvalue weighted by atomic mass is 9.74. The Labute approximate surface area is 171 Å². The number of nitrogens with one attached hydrogen (secondary N) is 1. The molecule has 0 atom stereocenters. The lowest BCUT2D eigenvalue weighted by molar-refractivity contribution is -0.111. The van der Waals surface area contributed by atoms with Crippen LogP contribution >= 0.6 is 0 Å². The summed E-state index contributed by atoms with van der Waals surface area (Å²) >= 11 is 0. The van der Waals surface area contributed by atoms with Crippen LogP contribution in [0.25, 0.3) is 16.5 Å². The fourth-order valence-electron chi connectivity index (χ4n) is 4.19. The van der Waals surface area contributed by atoms with E-state index in [0.717, 1.165) is 33.3 Å². The van der Waals surface area contributed by atoms with Crippen LogP contribution in [0.4, 0.5) is 0 Å². The van der Waals surface area contributed by atoms with Crippen molar-refractivity contribution in [1.82, 2.24) is 4.98 Å². The van der Waals surface area contributed by atoms with Gasteiger partial charge in [-0.1, -0.05) is 62.9 Å². The first-order valence-corrected chi connectivity index (χ1v) is 9.76. The van der Waals surface area contributed by atoms with Gasteiger partial charge in [0.05, 0.1) is 11.1 Å². The summed E-state index contributed by atoms with van der Waals surface area (Å²) in [6.07, 6.45) is 1.73. The van der Waals surface area contributed by atoms with Crippen molar-refractivity contribution >= 4 is 22.3 Å². The molecule has 2 aromatic carbocycles. The summed E-state index contributed by atoms with van der Waals surface area (Å²) in [5, 5.41) is 11.7. The maximum atomic E-state index is 13.0. The highest BCUT2D eigenvalue weighted by molar-refractivity contribution is 6.40. The number of aromatic amines is 1. The second-order valence-corrected chi connectivity index (χ2v) is 8.25. The quantitative estimate of drug-likeness (QED) is 0.535. The minimum Gasteiger partial charge on any atom is -0.506 e. The van der Waals surface area contributed by atoms with Gasteiger partial charge in [0.15, 0.2) is 0 Å². The number of aliphatic hydroxyl groups excluding tert-OH is 1. The SMILES string of the molecule is C=C(/C=C1/C(=O)C(c2c(C)[nH]c3ccccc23)=C1O)C(C)(C)c1ccccc1C. The molecule has 0 radical (unpaired) electrons. The molecule has 0 saturated carbocycles. The fraction of sp³-hybridized carbons (Fsp3) is 0.192. The van der Waals surface area contributed by atoms with Crippen LogP contribution in [0.15, 0.2) is 78.1 Å². The van der Waals surface area contributed by atoms with E-state index >= 15 is 0 Å². The van der Waals surface area contributed by atoms with Crippen molar-refractivity contribution in [2.24, 2.45) is 0 Å². The van der Waals surface area contributed by atoms with Gasteiger partial charge < -0.3 is 10.1 Å². The van der Waals surface area contributed by atoms with Gasteiger partial charge in [0, 0.05) is 27.6 Å². The van der Waals surface area contributed by atoms with Crippen LogP contribution in [0, 0.1) is 13.8 Å². The summed E-state index contributed by atoms with van der Waals surface area (Å²) in [6, 6.07) is 16.0. The van der Waals surface area contributed by atoms with Crippen LogP contribution in [0.3, 0.4) is 0 Å². The average Bonchev–Trinajstić information content (AvgIpc) is 3.02. The smallest absolute Gasteiger partial charge is 0.201 e. The predicted molar refractivity (Wildman–Crippen MR) is 119 cm³/mol. The molecule has 1 heterocycles. The van der Waals surface area contributed by atoms with Gasteiger partial charge in [0.1, 0.15) is 5.76 Å². The van der Waals surface area contributed by atoms with Crippen LogP contribution in [-0.2, 0) is 10.2 Å². The molecule has 29 heavy (non-hydrogen) atoms. The van der Waals surface area contributed by atoms with Crippen LogP contribution in [-0.4, -0.2) is 15.9 Å². The minimum absolute atomic E-state index is 0.0459. The molecule has 2 N–H and O–H groups in total. The molecule has 3 aromatic rings. The van der Waals surface area contributed by atoms with E-state index in [2.05, 4.69) is 44.5 Å². The highest BCUT2D eigenvalue weighted by Crippen LogP contribution is 2.42. The summed E-state index contributed by atoms with van der Waals surface area (Å²) in [6.45, 7) is 12.4. The van der Waals surface area contributed by atoms with Crippen molar-refractivity contribution < 1.29 is 9.90 Å². The Morgan fingerprint density at radius 2 is 1.72 bits per heavy atom. The number of carbonyl (C=O) groups is 1. The average molecular weight is 383 g/mol. The molecule has 0 spiro atoms. The Morgan fingerprint density at radius 3 is 2.41 bits per heavy atom. The van der Waals surface area contributed by atoms with E-state index in [1.807, 2.05) is 43.3 Å². The Balaban J connectivity index is 1.74. The van der Waals surface area contributed by atoms with Crippen molar-refractivity contribution in [3.8, 4) is 0 Å². The van der Waals surface area contributed by atoms with E-state index in [4.69, 9.17) is 0 Å². The van der Waals surface area contributed by atoms with Crippen molar-refractivity contribution in [2.45, 2.75) is 33.1 Å². The first-order valence-electron chi connectivity index (χ1n) is 9.76. The summed E-state index contributed by atoms with van der Waals surface area (Å²) in [4.78, 5) is 16.3. The van der Waals surface area contributed by atoms with Gasteiger partial charge in [0.25, 0.3) is 0 Å². The molecule has 0 unspecified atom stereocenters. The Morgan fingerprint density at radius 1 is 1.07 bits per heavy atom. The summed E-state index contributed by atoms with van der Waals surface area (Å²) < 4.78 is 0. The number of para-hydroxylation sites is 1. The van der Waals surface area contributed by atoms with E-state index in [-0.39, 0.29) is 17.0 Å². The van der Waals surface area contributed by atoms with Gasteiger partial charge >= 0.3 is 0 Å². The molecule has 4 rings (SSSR count). The number of hydrogen-bond acceptors (Lipinski definition) is 2. The third-order valence-electron chi connectivity index (χ3n) is 6.05. The number of aromatic nitrogens is 1. The second kappa shape index (κ2) is 6.63. The van der Waals surface area contributed by atoms with E-state index < -0.39 is 0 Å². The molecular weight excluding hydrogens is 358 g/mol. The molecule has 0 amide bonds. The zero-order valence-electron chi connectivity index (χ0n) is 17.3. The molecule has 0 aliphatic heterocycles. The zero-order valence-corrected chi connectivity index (χ0v) is 17.3. The van der Waals surface area contributed by atoms with Crippen molar-refractivity contribution in [2.75, 3.05) is 0 Å². The van der Waals surface area contributed by atoms with E-state index in [9.17, 15) is 9.90 Å². The highest BCUT2D eigenvalue weighted by atomic mass is 16.3. The summed E-state index contributed by atoms with van der Waals surface area (Å²) in [5.74, 6) is -0.0957. The molecule has 1 aliphatic rings. The standard InChI is InChI=1S/C26H25NO2/c1-15-10-6-8-12-20(15)26(4,5)16(2)14-19-24(28)23(25(19)29)22-17(3)27-21-13-9-7-11-18(21)22/h6-14,27-28H,2H2,1,3-5H3/b19-14+. The van der Waals surface area contributed by atoms with Gasteiger partial charge in [-0.2, -0.15) is 0 Å². The number of Topliss-reactive ketones (excluding diaryl/α,β-unsaturated/α-hetero) is 1. The third-order valence-corrected chi connectivity index (χ3v) is 6.05. The maximum Gasteiger partial charge on any atom is 0.201 e. The number of ketones is 1. The molecule has 146 valence electrons. The third kappa shape index (κ3) is 2.85. The van der Waals surface area contributed by atoms with Crippen LogP contribution in [0.1, 0.15) is 36.2 Å². The number of aliphatic hydroxyl groups is 1. The van der Waals surface area contributed by atoms with E-state index in [1.165, 1.54) is 5.56 Å². The largest absolute Gasteiger partial charge is 0.506 e. The second-order valence-electron chi connectivity index (χ2n) is 8.25. The molecule has 3 nitrogen and oxygen atoms in total. The van der Waals surface area contributed by atoms with Gasteiger partial charge in [-0.3, -0.25) is 4.79 Å². The molecule has 0 fully saturated rings. The fourth-order valence-corrected chi connectivity index (χ4v) is 4.19. The number of hydrogen-bond donors (Lipinski definition) is 2. The Kier molecular flexibility index (Phi) is 4.34. The molecule has 1 aliphatic carbocycles. The molecule has 0 saturated heterocycles. The highest BCUT2D eigenvalue weighted by Gasteiger charge is 2.38. The number of allylic oxidation sites excluding steroid dienone is 4. The number of aryl methyl sites for hydroxylation is 2. The monoisotopic (exact) mass is 383 g/mol. The molecule has 1 aromatic heterocycles. The molecule has 0 bridgehead atoms. The Bertz CT molecular complexity index is 1230. The number of fused-ring (bicyclic) bond motifs is 1. The summed E-state index contributed by atoms with van der Waals surface area (Å²) in [5.41, 5.74) is 6.08. The van der Waals surface area contributed by atoms with Gasteiger partial charge in [-0.15, -0.1) is 0 Å². The summed E-state index contributed by atoms with van der Waals surface area (Å²) in [7, 11) is 0.